The molecule has 4 nitrogen and oxygen atoms in total. The third-order valence-corrected chi connectivity index (χ3v) is 2.76. The Morgan fingerprint density at radius 3 is 3.07 bits per heavy atom. The van der Waals surface area contributed by atoms with Crippen LogP contribution in [0.2, 0.25) is 0 Å². The van der Waals surface area contributed by atoms with Crippen molar-refractivity contribution in [3.05, 3.63) is 17.8 Å². The first-order valence-corrected chi connectivity index (χ1v) is 4.97. The maximum absolute atomic E-state index is 5.56. The number of nitrogens with zero attached hydrogens (tertiary/aromatic N) is 1. The molecule has 1 aromatic heterocycles. The minimum atomic E-state index is -0.0152. The van der Waals surface area contributed by atoms with E-state index in [1.54, 1.807) is 6.20 Å². The summed E-state index contributed by atoms with van der Waals surface area (Å²) < 4.78 is 11.0. The predicted molar refractivity (Wildman–Crippen MR) is 51.8 cm³/mol. The Kier molecular flexibility index (Phi) is 2.56. The van der Waals surface area contributed by atoms with E-state index < -0.39 is 0 Å². The average Bonchev–Trinajstić information content (AvgIpc) is 2.67. The molecular formula is C10H16N2O2. The van der Waals surface area contributed by atoms with Crippen LogP contribution in [0.15, 0.2) is 10.6 Å². The fraction of sp³-hybridized carbons (Fsp3) is 0.700. The molecule has 0 bridgehead atoms. The van der Waals surface area contributed by atoms with Crippen LogP contribution in [0, 0.1) is 0 Å². The van der Waals surface area contributed by atoms with Gasteiger partial charge in [-0.2, -0.15) is 0 Å². The summed E-state index contributed by atoms with van der Waals surface area (Å²) in [4.78, 5) is 4.11. The molecule has 2 rings (SSSR count). The summed E-state index contributed by atoms with van der Waals surface area (Å²) >= 11 is 0. The number of hydrogen-bond donors (Lipinski definition) is 1. The molecule has 1 atom stereocenters. The predicted octanol–water partition coefficient (Wildman–Crippen LogP) is 1.20. The third-order valence-electron chi connectivity index (χ3n) is 2.76. The summed E-state index contributed by atoms with van der Waals surface area (Å²) in [6.07, 6.45) is 3.94. The van der Waals surface area contributed by atoms with Gasteiger partial charge in [-0.1, -0.05) is 6.92 Å². The smallest absolute Gasteiger partial charge is 0.208 e. The molecule has 0 aromatic carbocycles. The Hall–Kier alpha value is -0.870. The second-order valence-corrected chi connectivity index (χ2v) is 4.04. The van der Waals surface area contributed by atoms with Gasteiger partial charge < -0.3 is 14.9 Å². The maximum atomic E-state index is 5.56. The van der Waals surface area contributed by atoms with E-state index in [4.69, 9.17) is 14.9 Å². The highest BCUT2D eigenvalue weighted by Crippen LogP contribution is 2.32. The van der Waals surface area contributed by atoms with Gasteiger partial charge in [0.2, 0.25) is 5.89 Å². The second-order valence-electron chi connectivity index (χ2n) is 4.04. The molecule has 1 aromatic rings. The zero-order valence-electron chi connectivity index (χ0n) is 8.45. The molecule has 14 heavy (non-hydrogen) atoms. The van der Waals surface area contributed by atoms with Crippen LogP contribution in [-0.4, -0.2) is 18.2 Å². The summed E-state index contributed by atoms with van der Waals surface area (Å²) in [5, 5.41) is 0. The van der Waals surface area contributed by atoms with Crippen LogP contribution in [0.3, 0.4) is 0 Å². The molecule has 1 unspecified atom stereocenters. The van der Waals surface area contributed by atoms with Gasteiger partial charge in [-0.3, -0.25) is 0 Å². The molecule has 1 aliphatic rings. The van der Waals surface area contributed by atoms with E-state index in [2.05, 4.69) is 11.9 Å². The number of ether oxygens (including phenoxy) is 1. The Morgan fingerprint density at radius 1 is 1.64 bits per heavy atom. The molecule has 78 valence electrons. The largest absolute Gasteiger partial charge is 0.444 e. The first kappa shape index (κ1) is 9.68. The second kappa shape index (κ2) is 3.71. The van der Waals surface area contributed by atoms with E-state index in [-0.39, 0.29) is 5.41 Å². The summed E-state index contributed by atoms with van der Waals surface area (Å²) in [6.45, 7) is 4.07. The monoisotopic (exact) mass is 196 g/mol. The first-order valence-electron chi connectivity index (χ1n) is 4.97. The molecule has 2 heterocycles. The van der Waals surface area contributed by atoms with Crippen LogP contribution in [0.25, 0.3) is 0 Å². The van der Waals surface area contributed by atoms with Crippen LogP contribution >= 0.6 is 0 Å². The first-order chi connectivity index (χ1) is 6.74. The fourth-order valence-electron chi connectivity index (χ4n) is 1.81. The van der Waals surface area contributed by atoms with Crippen LogP contribution in [-0.2, 0) is 16.7 Å². The van der Waals surface area contributed by atoms with Crippen molar-refractivity contribution in [2.75, 3.05) is 13.2 Å². The molecule has 0 aliphatic carbocycles. The lowest BCUT2D eigenvalue weighted by Gasteiger charge is -2.30. The highest BCUT2D eigenvalue weighted by Gasteiger charge is 2.33. The van der Waals surface area contributed by atoms with E-state index in [0.717, 1.165) is 25.2 Å². The van der Waals surface area contributed by atoms with E-state index in [1.807, 2.05) is 0 Å². The topological polar surface area (TPSA) is 61.3 Å². The van der Waals surface area contributed by atoms with Crippen LogP contribution in [0.5, 0.6) is 0 Å². The van der Waals surface area contributed by atoms with Crippen LogP contribution < -0.4 is 5.73 Å². The SMILES string of the molecule is CC1(c2cnc(CN)o2)CCCOC1. The third kappa shape index (κ3) is 1.67. The molecule has 1 fully saturated rings. The normalized spacial score (nSPS) is 27.9. The van der Waals surface area contributed by atoms with Gasteiger partial charge in [0.1, 0.15) is 5.76 Å². The van der Waals surface area contributed by atoms with Gasteiger partial charge >= 0.3 is 0 Å². The molecule has 4 heteroatoms. The quantitative estimate of drug-likeness (QED) is 0.772. The van der Waals surface area contributed by atoms with Gasteiger partial charge in [0.15, 0.2) is 0 Å². The van der Waals surface area contributed by atoms with Crippen molar-refractivity contribution in [3.63, 3.8) is 0 Å². The van der Waals surface area contributed by atoms with E-state index in [9.17, 15) is 0 Å². The lowest BCUT2D eigenvalue weighted by molar-refractivity contribution is 0.0326. The molecule has 1 saturated heterocycles. The zero-order chi connectivity index (χ0) is 10.0. The number of oxazole rings is 1. The highest BCUT2D eigenvalue weighted by atomic mass is 16.5. The molecule has 0 spiro atoms. The van der Waals surface area contributed by atoms with Gasteiger partial charge in [-0.05, 0) is 12.8 Å². The summed E-state index contributed by atoms with van der Waals surface area (Å²) in [5.74, 6) is 1.50. The van der Waals surface area contributed by atoms with E-state index in [1.165, 1.54) is 0 Å². The van der Waals surface area contributed by atoms with E-state index >= 15 is 0 Å². The van der Waals surface area contributed by atoms with Crippen molar-refractivity contribution in [2.45, 2.75) is 31.7 Å². The van der Waals surface area contributed by atoms with Crippen molar-refractivity contribution in [1.29, 1.82) is 0 Å². The summed E-state index contributed by atoms with van der Waals surface area (Å²) in [7, 11) is 0. The molecule has 0 radical (unpaired) electrons. The molecule has 1 aliphatic heterocycles. The van der Waals surface area contributed by atoms with Gasteiger partial charge in [0, 0.05) is 6.61 Å². The molecule has 0 saturated carbocycles. The number of hydrogen-bond acceptors (Lipinski definition) is 4. The Bertz CT molecular complexity index is 303. The van der Waals surface area contributed by atoms with Crippen LogP contribution in [0.1, 0.15) is 31.4 Å². The van der Waals surface area contributed by atoms with Gasteiger partial charge in [-0.15, -0.1) is 0 Å². The lowest BCUT2D eigenvalue weighted by atomic mass is 9.83. The maximum Gasteiger partial charge on any atom is 0.208 e. The fourth-order valence-corrected chi connectivity index (χ4v) is 1.81. The van der Waals surface area contributed by atoms with Crippen molar-refractivity contribution in [1.82, 2.24) is 4.98 Å². The standard InChI is InChI=1S/C10H16N2O2/c1-10(3-2-4-13-7-10)8-6-12-9(5-11)14-8/h6H,2-5,7,11H2,1H3. The molecule has 2 N–H and O–H groups in total. The summed E-state index contributed by atoms with van der Waals surface area (Å²) in [5.41, 5.74) is 5.43. The Balaban J connectivity index is 2.19. The van der Waals surface area contributed by atoms with Crippen molar-refractivity contribution < 1.29 is 9.15 Å². The molecular weight excluding hydrogens is 180 g/mol. The van der Waals surface area contributed by atoms with Crippen molar-refractivity contribution in [2.24, 2.45) is 5.73 Å². The Morgan fingerprint density at radius 2 is 2.50 bits per heavy atom. The van der Waals surface area contributed by atoms with Crippen LogP contribution in [0.4, 0.5) is 0 Å². The lowest BCUT2D eigenvalue weighted by Crippen LogP contribution is -2.32. The zero-order valence-corrected chi connectivity index (χ0v) is 8.45. The minimum absolute atomic E-state index is 0.0152. The number of rotatable bonds is 2. The summed E-state index contributed by atoms with van der Waals surface area (Å²) in [6, 6.07) is 0. The van der Waals surface area contributed by atoms with Gasteiger partial charge in [0.05, 0.1) is 24.8 Å². The number of aromatic nitrogens is 1. The average molecular weight is 196 g/mol. The van der Waals surface area contributed by atoms with Gasteiger partial charge in [-0.25, -0.2) is 4.98 Å². The van der Waals surface area contributed by atoms with Crippen molar-refractivity contribution >= 4 is 0 Å². The number of nitrogens with two attached hydrogens (primary N) is 1. The Labute approximate surface area is 83.4 Å². The highest BCUT2D eigenvalue weighted by molar-refractivity contribution is 5.10. The molecule has 0 amide bonds. The van der Waals surface area contributed by atoms with Crippen molar-refractivity contribution in [3.8, 4) is 0 Å². The van der Waals surface area contributed by atoms with E-state index in [0.29, 0.717) is 19.0 Å². The minimum Gasteiger partial charge on any atom is -0.444 e. The van der Waals surface area contributed by atoms with Gasteiger partial charge in [0.25, 0.3) is 0 Å².